The Kier molecular flexibility index (Phi) is 8.28. The SMILES string of the molecule is C[C@H](NC1CCc2cc(F)cc(F)c2C1)C(=O)Nc1cn(C(C)(C)C(=O)N[C@@H]2CCCC[C@@H]2CO)cn1. The van der Waals surface area contributed by atoms with Crippen LogP contribution in [0.4, 0.5) is 14.6 Å². The molecule has 4 atom stereocenters. The molecule has 0 saturated heterocycles. The van der Waals surface area contributed by atoms with Gasteiger partial charge in [0, 0.05) is 36.9 Å². The van der Waals surface area contributed by atoms with Crippen molar-refractivity contribution in [2.45, 2.75) is 89.4 Å². The maximum atomic E-state index is 14.2. The van der Waals surface area contributed by atoms with E-state index in [4.69, 9.17) is 0 Å². The highest BCUT2D eigenvalue weighted by Crippen LogP contribution is 2.27. The first-order valence-corrected chi connectivity index (χ1v) is 13.1. The van der Waals surface area contributed by atoms with Gasteiger partial charge >= 0.3 is 0 Å². The first-order valence-electron chi connectivity index (χ1n) is 13.1. The molecule has 1 aromatic carbocycles. The second-order valence-electron chi connectivity index (χ2n) is 10.9. The lowest BCUT2D eigenvalue weighted by Gasteiger charge is -2.34. The van der Waals surface area contributed by atoms with E-state index in [1.807, 2.05) is 0 Å². The highest BCUT2D eigenvalue weighted by molar-refractivity contribution is 5.93. The largest absolute Gasteiger partial charge is 0.396 e. The molecule has 1 heterocycles. The summed E-state index contributed by atoms with van der Waals surface area (Å²) in [5.74, 6) is -1.21. The van der Waals surface area contributed by atoms with Crippen LogP contribution < -0.4 is 16.0 Å². The van der Waals surface area contributed by atoms with Crippen LogP contribution in [-0.2, 0) is 28.0 Å². The molecular formula is C27H37F2N5O3. The third-order valence-electron chi connectivity index (χ3n) is 7.84. The summed E-state index contributed by atoms with van der Waals surface area (Å²) in [7, 11) is 0. The van der Waals surface area contributed by atoms with Crippen molar-refractivity contribution in [2.75, 3.05) is 11.9 Å². The van der Waals surface area contributed by atoms with Crippen LogP contribution in [-0.4, -0.2) is 51.2 Å². The first-order chi connectivity index (χ1) is 17.6. The number of nitrogens with one attached hydrogen (secondary N) is 3. The van der Waals surface area contributed by atoms with Gasteiger partial charge in [-0.05, 0) is 70.1 Å². The van der Waals surface area contributed by atoms with Crippen molar-refractivity contribution in [1.29, 1.82) is 0 Å². The molecule has 2 aromatic rings. The zero-order valence-electron chi connectivity index (χ0n) is 21.7. The van der Waals surface area contributed by atoms with Gasteiger partial charge in [0.05, 0.1) is 12.4 Å². The summed E-state index contributed by atoms with van der Waals surface area (Å²) in [6, 6.07) is 1.53. The van der Waals surface area contributed by atoms with Gasteiger partial charge in [-0.2, -0.15) is 0 Å². The average Bonchev–Trinajstić information content (AvgIpc) is 3.34. The lowest BCUT2D eigenvalue weighted by Crippen LogP contribution is -2.51. The molecule has 0 spiro atoms. The second-order valence-corrected chi connectivity index (χ2v) is 10.9. The summed E-state index contributed by atoms with van der Waals surface area (Å²) in [5, 5.41) is 18.8. The lowest BCUT2D eigenvalue weighted by atomic mass is 9.84. The molecule has 1 fully saturated rings. The van der Waals surface area contributed by atoms with Gasteiger partial charge in [-0.3, -0.25) is 9.59 Å². The van der Waals surface area contributed by atoms with Crippen LogP contribution >= 0.6 is 0 Å². The molecule has 37 heavy (non-hydrogen) atoms. The summed E-state index contributed by atoms with van der Waals surface area (Å²) in [6.45, 7) is 5.34. The summed E-state index contributed by atoms with van der Waals surface area (Å²) in [5.41, 5.74) is 0.229. The quantitative estimate of drug-likeness (QED) is 0.431. The van der Waals surface area contributed by atoms with E-state index in [0.717, 1.165) is 31.7 Å². The summed E-state index contributed by atoms with van der Waals surface area (Å²) in [4.78, 5) is 30.2. The maximum Gasteiger partial charge on any atom is 0.245 e. The van der Waals surface area contributed by atoms with Crippen molar-refractivity contribution in [3.8, 4) is 0 Å². The number of benzene rings is 1. The van der Waals surface area contributed by atoms with Crippen molar-refractivity contribution in [3.05, 3.63) is 47.4 Å². The van der Waals surface area contributed by atoms with E-state index >= 15 is 0 Å². The number of rotatable bonds is 8. The molecule has 202 valence electrons. The fourth-order valence-corrected chi connectivity index (χ4v) is 5.36. The molecule has 2 aliphatic rings. The summed E-state index contributed by atoms with van der Waals surface area (Å²) in [6.07, 6.45) is 8.55. The predicted molar refractivity (Wildman–Crippen MR) is 136 cm³/mol. The molecule has 2 amide bonds. The molecule has 4 rings (SSSR count). The molecule has 1 unspecified atom stereocenters. The topological polar surface area (TPSA) is 108 Å². The van der Waals surface area contributed by atoms with Gasteiger partial charge in [0.25, 0.3) is 0 Å². The van der Waals surface area contributed by atoms with Gasteiger partial charge in [0.15, 0.2) is 5.82 Å². The van der Waals surface area contributed by atoms with Gasteiger partial charge in [0.1, 0.15) is 17.2 Å². The molecule has 10 heteroatoms. The highest BCUT2D eigenvalue weighted by Gasteiger charge is 2.34. The van der Waals surface area contributed by atoms with E-state index < -0.39 is 23.2 Å². The van der Waals surface area contributed by atoms with E-state index in [1.54, 1.807) is 31.5 Å². The third-order valence-corrected chi connectivity index (χ3v) is 7.84. The number of amides is 2. The Bertz CT molecular complexity index is 1140. The summed E-state index contributed by atoms with van der Waals surface area (Å²) < 4.78 is 29.4. The number of fused-ring (bicyclic) bond motifs is 1. The molecule has 1 saturated carbocycles. The standard InChI is InChI=1S/C27H37F2N5O3/c1-16(31-20-9-8-17-10-19(28)11-22(29)21(17)12-20)25(36)33-24-13-34(15-30-24)27(2,3)26(37)32-23-7-5-4-6-18(23)14-35/h10-11,13,15-16,18,20,23,31,35H,4-9,12,14H2,1-3H3,(H,32,37)(H,33,36)/t16-,18+,20?,23+/m0/s1. The number of hydrogen-bond acceptors (Lipinski definition) is 5. The average molecular weight is 518 g/mol. The van der Waals surface area contributed by atoms with Crippen LogP contribution in [0.2, 0.25) is 0 Å². The minimum atomic E-state index is -0.948. The number of nitrogens with zero attached hydrogens (tertiary/aromatic N) is 2. The number of carbonyl (C=O) groups excluding carboxylic acids is 2. The minimum Gasteiger partial charge on any atom is -0.396 e. The van der Waals surface area contributed by atoms with E-state index in [9.17, 15) is 23.5 Å². The fourth-order valence-electron chi connectivity index (χ4n) is 5.36. The van der Waals surface area contributed by atoms with Crippen LogP contribution in [0, 0.1) is 17.6 Å². The number of anilines is 1. The number of imidazole rings is 1. The number of aliphatic hydroxyl groups excluding tert-OH is 1. The van der Waals surface area contributed by atoms with Gasteiger partial charge < -0.3 is 25.6 Å². The third kappa shape index (κ3) is 6.18. The van der Waals surface area contributed by atoms with E-state index in [2.05, 4.69) is 20.9 Å². The molecule has 1 aromatic heterocycles. The number of hydrogen-bond donors (Lipinski definition) is 4. The van der Waals surface area contributed by atoms with E-state index in [1.165, 1.54) is 12.4 Å². The second kappa shape index (κ2) is 11.3. The molecule has 0 aliphatic heterocycles. The highest BCUT2D eigenvalue weighted by atomic mass is 19.1. The Morgan fingerprint density at radius 3 is 2.73 bits per heavy atom. The Morgan fingerprint density at radius 2 is 1.97 bits per heavy atom. The number of aryl methyl sites for hydroxylation is 1. The van der Waals surface area contributed by atoms with Crippen molar-refractivity contribution in [3.63, 3.8) is 0 Å². The van der Waals surface area contributed by atoms with Crippen LogP contribution in [0.1, 0.15) is 64.0 Å². The number of aliphatic hydroxyl groups is 1. The fraction of sp³-hybridized carbons (Fsp3) is 0.593. The van der Waals surface area contributed by atoms with Gasteiger partial charge in [-0.25, -0.2) is 13.8 Å². The van der Waals surface area contributed by atoms with Crippen LogP contribution in [0.3, 0.4) is 0 Å². The van der Waals surface area contributed by atoms with Gasteiger partial charge in [0.2, 0.25) is 11.8 Å². The molecule has 4 N–H and O–H groups in total. The van der Waals surface area contributed by atoms with Gasteiger partial charge in [-0.15, -0.1) is 0 Å². The molecule has 8 nitrogen and oxygen atoms in total. The first kappa shape index (κ1) is 27.2. The predicted octanol–water partition coefficient (Wildman–Crippen LogP) is 3.04. The van der Waals surface area contributed by atoms with Crippen LogP contribution in [0.5, 0.6) is 0 Å². The lowest BCUT2D eigenvalue weighted by molar-refractivity contribution is -0.130. The Hall–Kier alpha value is -2.85. The monoisotopic (exact) mass is 517 g/mol. The molecule has 0 radical (unpaired) electrons. The normalized spacial score (nSPS) is 22.7. The zero-order chi connectivity index (χ0) is 26.7. The molecular weight excluding hydrogens is 480 g/mol. The minimum absolute atomic E-state index is 0.0553. The van der Waals surface area contributed by atoms with Crippen molar-refractivity contribution >= 4 is 17.6 Å². The maximum absolute atomic E-state index is 14.2. The number of aromatic nitrogens is 2. The molecule has 2 aliphatic carbocycles. The van der Waals surface area contributed by atoms with Crippen LogP contribution in [0.25, 0.3) is 0 Å². The van der Waals surface area contributed by atoms with Crippen LogP contribution in [0.15, 0.2) is 24.7 Å². The van der Waals surface area contributed by atoms with Crippen molar-refractivity contribution in [2.24, 2.45) is 5.92 Å². The van der Waals surface area contributed by atoms with E-state index in [0.29, 0.717) is 36.2 Å². The Balaban J connectivity index is 1.33. The number of halogens is 2. The Labute approximate surface area is 216 Å². The van der Waals surface area contributed by atoms with Crippen molar-refractivity contribution in [1.82, 2.24) is 20.2 Å². The smallest absolute Gasteiger partial charge is 0.245 e. The Morgan fingerprint density at radius 1 is 1.22 bits per heavy atom. The van der Waals surface area contributed by atoms with Crippen molar-refractivity contribution < 1.29 is 23.5 Å². The zero-order valence-corrected chi connectivity index (χ0v) is 21.7. The van der Waals surface area contributed by atoms with Gasteiger partial charge in [-0.1, -0.05) is 12.8 Å². The number of carbonyl (C=O) groups is 2. The summed E-state index contributed by atoms with van der Waals surface area (Å²) >= 11 is 0. The van der Waals surface area contributed by atoms with E-state index in [-0.39, 0.29) is 36.4 Å². The molecule has 0 bridgehead atoms.